The summed E-state index contributed by atoms with van der Waals surface area (Å²) in [7, 11) is 0. The molecular weight excluding hydrogens is 412 g/mol. The summed E-state index contributed by atoms with van der Waals surface area (Å²) < 4.78 is 22.1. The number of aliphatic hydroxyl groups is 6. The van der Waals surface area contributed by atoms with Gasteiger partial charge in [0, 0.05) is 0 Å². The van der Waals surface area contributed by atoms with Crippen molar-refractivity contribution in [3.8, 4) is 0 Å². The van der Waals surface area contributed by atoms with Crippen molar-refractivity contribution in [3.05, 3.63) is 0 Å². The Bertz CT molecular complexity index is 629. The van der Waals surface area contributed by atoms with Crippen LogP contribution in [0.4, 0.5) is 0 Å². The van der Waals surface area contributed by atoms with E-state index >= 15 is 0 Å². The molecule has 31 heavy (non-hydrogen) atoms. The van der Waals surface area contributed by atoms with E-state index in [4.69, 9.17) is 18.9 Å². The van der Waals surface area contributed by atoms with Crippen molar-refractivity contribution in [2.75, 3.05) is 26.4 Å². The van der Waals surface area contributed by atoms with Gasteiger partial charge in [0.15, 0.2) is 12.6 Å². The third kappa shape index (κ3) is 4.16. The summed E-state index contributed by atoms with van der Waals surface area (Å²) in [4.78, 5) is 0. The maximum atomic E-state index is 10.3. The fraction of sp³-hybridized carbons (Fsp3) is 1.00. The van der Waals surface area contributed by atoms with Gasteiger partial charge in [0.25, 0.3) is 0 Å². The van der Waals surface area contributed by atoms with Crippen LogP contribution in [-0.4, -0.2) is 106 Å². The van der Waals surface area contributed by atoms with Gasteiger partial charge in [-0.1, -0.05) is 13.8 Å². The molecule has 2 aliphatic heterocycles. The number of ether oxygens (including phenoxy) is 4. The summed E-state index contributed by atoms with van der Waals surface area (Å²) in [6, 6.07) is 0. The molecule has 0 aromatic rings. The van der Waals surface area contributed by atoms with Gasteiger partial charge in [-0.05, 0) is 42.4 Å². The van der Waals surface area contributed by atoms with Gasteiger partial charge in [-0.3, -0.25) is 0 Å². The predicted molar refractivity (Wildman–Crippen MR) is 104 cm³/mol. The second-order valence-corrected chi connectivity index (χ2v) is 10.3. The minimum absolute atomic E-state index is 0.283. The summed E-state index contributed by atoms with van der Waals surface area (Å²) in [5.74, 6) is 1.68. The van der Waals surface area contributed by atoms with Crippen molar-refractivity contribution in [1.29, 1.82) is 0 Å². The summed E-state index contributed by atoms with van der Waals surface area (Å²) in [6.45, 7) is 3.68. The fourth-order valence-electron chi connectivity index (χ4n) is 5.70. The van der Waals surface area contributed by atoms with Crippen molar-refractivity contribution in [3.63, 3.8) is 0 Å². The average Bonchev–Trinajstić information content (AvgIpc) is 3.05. The summed E-state index contributed by atoms with van der Waals surface area (Å²) in [6.07, 6.45) is -5.82. The lowest BCUT2D eigenvalue weighted by Crippen LogP contribution is -2.60. The van der Waals surface area contributed by atoms with Crippen molar-refractivity contribution in [2.45, 2.75) is 81.8 Å². The maximum absolute atomic E-state index is 10.3. The molecule has 2 heterocycles. The number of hydrogen-bond acceptors (Lipinski definition) is 10. The maximum Gasteiger partial charge on any atom is 0.186 e. The highest BCUT2D eigenvalue weighted by Gasteiger charge is 2.55. The molecule has 0 aromatic carbocycles. The molecule has 3 saturated carbocycles. The van der Waals surface area contributed by atoms with E-state index in [1.54, 1.807) is 0 Å². The van der Waals surface area contributed by atoms with Gasteiger partial charge in [0.05, 0.1) is 26.4 Å². The standard InChI is InChI=1S/C21H36O10/c1-20(2)11-4-3-10(12(20)5-11)6-28-18-16(25)15(24)14(23)13(31-18)7-29-19-17(26)21(27,8-22)9-30-19/h10-19,22-27H,3-9H2,1-2H3. The second kappa shape index (κ2) is 8.75. The van der Waals surface area contributed by atoms with Crippen LogP contribution in [0.3, 0.4) is 0 Å². The highest BCUT2D eigenvalue weighted by atomic mass is 16.7. The molecule has 0 amide bonds. The van der Waals surface area contributed by atoms with Crippen LogP contribution in [0, 0.1) is 23.2 Å². The van der Waals surface area contributed by atoms with Crippen molar-refractivity contribution in [2.24, 2.45) is 23.2 Å². The van der Waals surface area contributed by atoms with Crippen molar-refractivity contribution < 1.29 is 49.6 Å². The molecule has 10 nitrogen and oxygen atoms in total. The number of rotatable bonds is 7. The SMILES string of the molecule is CC1(C)C2CCC(COC3OC(COC4OCC(O)(CO)C4O)C(O)C(O)C3O)C1C2. The summed E-state index contributed by atoms with van der Waals surface area (Å²) >= 11 is 0. The predicted octanol–water partition coefficient (Wildman–Crippen LogP) is -1.66. The fourth-order valence-corrected chi connectivity index (χ4v) is 5.70. The Balaban J connectivity index is 1.31. The van der Waals surface area contributed by atoms with Crippen molar-refractivity contribution >= 4 is 0 Å². The normalized spacial score (nSPS) is 51.5. The molecular formula is C21H36O10. The van der Waals surface area contributed by atoms with Crippen LogP contribution in [0.1, 0.15) is 33.1 Å². The van der Waals surface area contributed by atoms with Crippen LogP contribution in [0.2, 0.25) is 0 Å². The smallest absolute Gasteiger partial charge is 0.186 e. The third-order valence-corrected chi connectivity index (χ3v) is 8.15. The molecule has 2 bridgehead atoms. The minimum Gasteiger partial charge on any atom is -0.393 e. The molecule has 0 radical (unpaired) electrons. The lowest BCUT2D eigenvalue weighted by atomic mass is 9.46. The number of fused-ring (bicyclic) bond motifs is 2. The zero-order chi connectivity index (χ0) is 22.6. The molecule has 10 heteroatoms. The molecule has 0 spiro atoms. The van der Waals surface area contributed by atoms with Crippen molar-refractivity contribution in [1.82, 2.24) is 0 Å². The first kappa shape index (κ1) is 23.7. The van der Waals surface area contributed by atoms with E-state index in [2.05, 4.69) is 13.8 Å². The highest BCUT2D eigenvalue weighted by molar-refractivity contribution is 5.03. The van der Waals surface area contributed by atoms with Crippen LogP contribution < -0.4 is 0 Å². The van der Waals surface area contributed by atoms with Crippen LogP contribution in [0.25, 0.3) is 0 Å². The number of aliphatic hydroxyl groups excluding tert-OH is 5. The lowest BCUT2D eigenvalue weighted by molar-refractivity contribution is -0.314. The Labute approximate surface area is 181 Å². The third-order valence-electron chi connectivity index (χ3n) is 8.15. The molecule has 5 rings (SSSR count). The zero-order valence-corrected chi connectivity index (χ0v) is 18.0. The van der Waals surface area contributed by atoms with E-state index in [-0.39, 0.29) is 13.2 Å². The Hall–Kier alpha value is -0.400. The second-order valence-electron chi connectivity index (χ2n) is 10.3. The van der Waals surface area contributed by atoms with E-state index in [1.807, 2.05) is 0 Å². The molecule has 5 aliphatic rings. The van der Waals surface area contributed by atoms with Gasteiger partial charge in [0.2, 0.25) is 0 Å². The van der Waals surface area contributed by atoms with Crippen LogP contribution in [0.5, 0.6) is 0 Å². The molecule has 11 atom stereocenters. The topological polar surface area (TPSA) is 158 Å². The summed E-state index contributed by atoms with van der Waals surface area (Å²) in [5, 5.41) is 60.2. The number of hydrogen-bond donors (Lipinski definition) is 6. The Kier molecular flexibility index (Phi) is 6.70. The highest BCUT2D eigenvalue weighted by Crippen LogP contribution is 2.61. The lowest BCUT2D eigenvalue weighted by Gasteiger charge is -2.60. The van der Waals surface area contributed by atoms with E-state index in [9.17, 15) is 30.6 Å². The first-order valence-corrected chi connectivity index (χ1v) is 11.1. The first-order valence-electron chi connectivity index (χ1n) is 11.1. The molecule has 180 valence electrons. The molecule has 3 aliphatic carbocycles. The van der Waals surface area contributed by atoms with E-state index in [0.29, 0.717) is 23.9 Å². The van der Waals surface area contributed by atoms with Crippen LogP contribution >= 0.6 is 0 Å². The Morgan fingerprint density at radius 1 is 0.935 bits per heavy atom. The largest absolute Gasteiger partial charge is 0.393 e. The summed E-state index contributed by atoms with van der Waals surface area (Å²) in [5.41, 5.74) is -1.53. The van der Waals surface area contributed by atoms with Gasteiger partial charge >= 0.3 is 0 Å². The van der Waals surface area contributed by atoms with E-state index in [0.717, 1.165) is 18.8 Å². The zero-order valence-electron chi connectivity index (χ0n) is 18.0. The van der Waals surface area contributed by atoms with E-state index < -0.39 is 55.3 Å². The Morgan fingerprint density at radius 3 is 2.26 bits per heavy atom. The quantitative estimate of drug-likeness (QED) is 0.266. The van der Waals surface area contributed by atoms with Gasteiger partial charge in [0.1, 0.15) is 36.1 Å². The van der Waals surface area contributed by atoms with Gasteiger partial charge in [-0.25, -0.2) is 0 Å². The van der Waals surface area contributed by atoms with Gasteiger partial charge < -0.3 is 49.6 Å². The average molecular weight is 449 g/mol. The van der Waals surface area contributed by atoms with Crippen LogP contribution in [-0.2, 0) is 18.9 Å². The molecule has 11 unspecified atom stereocenters. The monoisotopic (exact) mass is 448 g/mol. The van der Waals surface area contributed by atoms with Gasteiger partial charge in [-0.2, -0.15) is 0 Å². The minimum atomic E-state index is -1.83. The van der Waals surface area contributed by atoms with Gasteiger partial charge in [-0.15, -0.1) is 0 Å². The first-order chi connectivity index (χ1) is 14.6. The molecule has 6 N–H and O–H groups in total. The molecule has 5 fully saturated rings. The molecule has 2 saturated heterocycles. The van der Waals surface area contributed by atoms with E-state index in [1.165, 1.54) is 6.42 Å². The molecule has 0 aromatic heterocycles. The Morgan fingerprint density at radius 2 is 1.65 bits per heavy atom. The van der Waals surface area contributed by atoms with Crippen LogP contribution in [0.15, 0.2) is 0 Å².